The van der Waals surface area contributed by atoms with E-state index in [0.29, 0.717) is 27.8 Å². The van der Waals surface area contributed by atoms with Crippen molar-refractivity contribution in [1.82, 2.24) is 9.97 Å². The number of rotatable bonds is 3. The van der Waals surface area contributed by atoms with Crippen LogP contribution in [-0.2, 0) is 6.18 Å². The molecule has 0 fully saturated rings. The minimum absolute atomic E-state index is 0.0493. The number of fused-ring (bicyclic) bond motifs is 1. The number of halogens is 4. The highest BCUT2D eigenvalue weighted by Gasteiger charge is 2.32. The molecule has 0 aliphatic heterocycles. The summed E-state index contributed by atoms with van der Waals surface area (Å²) in [6.45, 7) is 1.42. The van der Waals surface area contributed by atoms with Gasteiger partial charge in [0.25, 0.3) is 0 Å². The number of carbonyl (C=O) groups is 1. The number of nitrogens with zero attached hydrogens (tertiary/aromatic N) is 2. The summed E-state index contributed by atoms with van der Waals surface area (Å²) >= 11 is 0. The van der Waals surface area contributed by atoms with Gasteiger partial charge in [-0.05, 0) is 61.0 Å². The zero-order valence-electron chi connectivity index (χ0n) is 15.7. The molecule has 7 heteroatoms. The molecular formula is C23H14F4N2O. The lowest BCUT2D eigenvalue weighted by Gasteiger charge is -2.10. The normalized spacial score (nSPS) is 11.6. The summed E-state index contributed by atoms with van der Waals surface area (Å²) in [4.78, 5) is 19.5. The van der Waals surface area contributed by atoms with E-state index < -0.39 is 17.7 Å². The summed E-state index contributed by atoms with van der Waals surface area (Å²) in [5, 5.41) is 0.461. The van der Waals surface area contributed by atoms with Crippen LogP contribution < -0.4 is 0 Å². The van der Waals surface area contributed by atoms with Crippen LogP contribution in [0.1, 0.15) is 23.0 Å². The zero-order chi connectivity index (χ0) is 21.5. The molecule has 0 aliphatic carbocycles. The minimum atomic E-state index is -4.57. The third-order valence-electron chi connectivity index (χ3n) is 4.69. The first-order valence-corrected chi connectivity index (χ1v) is 8.99. The van der Waals surface area contributed by atoms with Crippen molar-refractivity contribution < 1.29 is 22.4 Å². The predicted octanol–water partition coefficient (Wildman–Crippen LogP) is 6.32. The van der Waals surface area contributed by atoms with Gasteiger partial charge in [-0.1, -0.05) is 18.2 Å². The highest BCUT2D eigenvalue weighted by molar-refractivity contribution is 5.95. The van der Waals surface area contributed by atoms with Gasteiger partial charge in [0.15, 0.2) is 11.4 Å². The smallest absolute Gasteiger partial charge is 0.295 e. The van der Waals surface area contributed by atoms with Crippen LogP contribution in [0, 0.1) is 5.82 Å². The van der Waals surface area contributed by atoms with E-state index >= 15 is 0 Å². The first-order chi connectivity index (χ1) is 14.2. The van der Waals surface area contributed by atoms with Crippen molar-refractivity contribution in [3.63, 3.8) is 0 Å². The molecule has 30 heavy (non-hydrogen) atoms. The summed E-state index contributed by atoms with van der Waals surface area (Å²) in [6, 6.07) is 16.4. The number of ketones is 1. The van der Waals surface area contributed by atoms with Crippen molar-refractivity contribution >= 4 is 16.8 Å². The van der Waals surface area contributed by atoms with Crippen LogP contribution in [0.3, 0.4) is 0 Å². The summed E-state index contributed by atoms with van der Waals surface area (Å²) in [7, 11) is 0. The SMILES string of the molecule is CC(=O)c1cccc(-c2cc(-c3ccc4ccc(C(F)(F)F)nc4n3)ccc2F)c1. The number of carbonyl (C=O) groups excluding carboxylic acids is 1. The molecule has 150 valence electrons. The fourth-order valence-corrected chi connectivity index (χ4v) is 3.13. The molecule has 0 radical (unpaired) electrons. The molecule has 0 N–H and O–H groups in total. The lowest BCUT2D eigenvalue weighted by Crippen LogP contribution is -2.08. The maximum Gasteiger partial charge on any atom is 0.433 e. The van der Waals surface area contributed by atoms with Crippen molar-refractivity contribution in [3.05, 3.63) is 83.8 Å². The van der Waals surface area contributed by atoms with Crippen LogP contribution in [0.25, 0.3) is 33.4 Å². The Kier molecular flexibility index (Phi) is 4.81. The number of aromatic nitrogens is 2. The summed E-state index contributed by atoms with van der Waals surface area (Å²) < 4.78 is 53.4. The van der Waals surface area contributed by atoms with Gasteiger partial charge in [0.2, 0.25) is 0 Å². The van der Waals surface area contributed by atoms with E-state index in [4.69, 9.17) is 0 Å². The largest absolute Gasteiger partial charge is 0.433 e. The van der Waals surface area contributed by atoms with E-state index in [1.807, 2.05) is 0 Å². The minimum Gasteiger partial charge on any atom is -0.295 e. The topological polar surface area (TPSA) is 42.9 Å². The molecule has 4 aromatic rings. The van der Waals surface area contributed by atoms with Crippen molar-refractivity contribution in [3.8, 4) is 22.4 Å². The highest BCUT2D eigenvalue weighted by atomic mass is 19.4. The average Bonchev–Trinajstić information content (AvgIpc) is 2.72. The Labute approximate surface area is 169 Å². The Morgan fingerprint density at radius 1 is 0.867 bits per heavy atom. The fraction of sp³-hybridized carbons (Fsp3) is 0.0870. The average molecular weight is 410 g/mol. The summed E-state index contributed by atoms with van der Waals surface area (Å²) in [6.07, 6.45) is -4.57. The lowest BCUT2D eigenvalue weighted by atomic mass is 9.98. The molecule has 0 saturated heterocycles. The Morgan fingerprint density at radius 2 is 1.63 bits per heavy atom. The van der Waals surface area contributed by atoms with Crippen molar-refractivity contribution in [1.29, 1.82) is 0 Å². The van der Waals surface area contributed by atoms with Crippen LogP contribution in [0.2, 0.25) is 0 Å². The second-order valence-corrected chi connectivity index (χ2v) is 6.77. The fourth-order valence-electron chi connectivity index (χ4n) is 3.13. The van der Waals surface area contributed by atoms with Crippen LogP contribution in [0.15, 0.2) is 66.7 Å². The molecule has 0 bridgehead atoms. The quantitative estimate of drug-likeness (QED) is 0.293. The van der Waals surface area contributed by atoms with Gasteiger partial charge in [-0.2, -0.15) is 13.2 Å². The molecule has 2 aromatic carbocycles. The Morgan fingerprint density at radius 3 is 2.37 bits per heavy atom. The number of Topliss-reactive ketones (excluding diaryl/α,β-unsaturated/α-hetero) is 1. The van der Waals surface area contributed by atoms with Crippen molar-refractivity contribution in [2.75, 3.05) is 0 Å². The van der Waals surface area contributed by atoms with Gasteiger partial charge in [-0.15, -0.1) is 0 Å². The molecule has 2 heterocycles. The molecule has 0 aliphatic rings. The highest BCUT2D eigenvalue weighted by Crippen LogP contribution is 2.31. The number of hydrogen-bond donors (Lipinski definition) is 0. The Balaban J connectivity index is 1.81. The van der Waals surface area contributed by atoms with Gasteiger partial charge in [0, 0.05) is 22.1 Å². The van der Waals surface area contributed by atoms with Gasteiger partial charge >= 0.3 is 6.18 Å². The van der Waals surface area contributed by atoms with Gasteiger partial charge < -0.3 is 0 Å². The van der Waals surface area contributed by atoms with Gasteiger partial charge in [-0.3, -0.25) is 4.79 Å². The van der Waals surface area contributed by atoms with Gasteiger partial charge in [0.05, 0.1) is 5.69 Å². The second kappa shape index (κ2) is 7.33. The molecule has 2 aromatic heterocycles. The standard InChI is InChI=1S/C23H14F4N2O/c1-13(30)15-3-2-4-16(11-15)18-12-17(5-8-19(18)24)20-9-6-14-7-10-21(23(25,26)27)29-22(14)28-20/h2-12H,1H3. The molecule has 0 amide bonds. The van der Waals surface area contributed by atoms with E-state index in [1.165, 1.54) is 25.1 Å². The Hall–Kier alpha value is -3.61. The molecule has 0 spiro atoms. The molecule has 3 nitrogen and oxygen atoms in total. The van der Waals surface area contributed by atoms with E-state index in [-0.39, 0.29) is 17.0 Å². The van der Waals surface area contributed by atoms with E-state index in [2.05, 4.69) is 9.97 Å². The number of benzene rings is 2. The van der Waals surface area contributed by atoms with Crippen LogP contribution in [0.5, 0.6) is 0 Å². The summed E-state index contributed by atoms with van der Waals surface area (Å²) in [5.41, 5.74) is 1.02. The maximum absolute atomic E-state index is 14.5. The molecule has 0 unspecified atom stereocenters. The molecule has 0 atom stereocenters. The number of hydrogen-bond acceptors (Lipinski definition) is 3. The van der Waals surface area contributed by atoms with Crippen LogP contribution in [0.4, 0.5) is 17.6 Å². The van der Waals surface area contributed by atoms with Crippen molar-refractivity contribution in [2.45, 2.75) is 13.1 Å². The molecular weight excluding hydrogens is 396 g/mol. The monoisotopic (exact) mass is 410 g/mol. The van der Waals surface area contributed by atoms with Gasteiger partial charge in [-0.25, -0.2) is 14.4 Å². The van der Waals surface area contributed by atoms with E-state index in [9.17, 15) is 22.4 Å². The predicted molar refractivity (Wildman–Crippen MR) is 105 cm³/mol. The Bertz CT molecular complexity index is 1280. The van der Waals surface area contributed by atoms with Gasteiger partial charge in [0.1, 0.15) is 11.5 Å². The third kappa shape index (κ3) is 3.78. The van der Waals surface area contributed by atoms with Crippen LogP contribution in [-0.4, -0.2) is 15.8 Å². The molecule has 4 rings (SSSR count). The number of alkyl halides is 3. The first kappa shape index (κ1) is 19.7. The van der Waals surface area contributed by atoms with Crippen molar-refractivity contribution in [2.24, 2.45) is 0 Å². The van der Waals surface area contributed by atoms with E-state index in [0.717, 1.165) is 6.07 Å². The first-order valence-electron chi connectivity index (χ1n) is 8.99. The maximum atomic E-state index is 14.5. The third-order valence-corrected chi connectivity index (χ3v) is 4.69. The number of pyridine rings is 2. The molecule has 0 saturated carbocycles. The second-order valence-electron chi connectivity index (χ2n) is 6.77. The van der Waals surface area contributed by atoms with Crippen LogP contribution >= 0.6 is 0 Å². The summed E-state index contributed by atoms with van der Waals surface area (Å²) in [5.74, 6) is -0.631. The van der Waals surface area contributed by atoms with E-state index in [1.54, 1.807) is 42.5 Å². The lowest BCUT2D eigenvalue weighted by molar-refractivity contribution is -0.141. The zero-order valence-corrected chi connectivity index (χ0v) is 15.7.